The maximum Gasteiger partial charge on any atom is 0.170 e. The summed E-state index contributed by atoms with van der Waals surface area (Å²) >= 11 is 0. The Labute approximate surface area is 134 Å². The number of aromatic nitrogens is 3. The van der Waals surface area contributed by atoms with Crippen LogP contribution in [0.2, 0.25) is 0 Å². The molecule has 1 aliphatic carbocycles. The lowest BCUT2D eigenvalue weighted by Gasteiger charge is -2.27. The summed E-state index contributed by atoms with van der Waals surface area (Å²) in [5.41, 5.74) is 2.42. The van der Waals surface area contributed by atoms with E-state index in [0.29, 0.717) is 18.5 Å². The number of aliphatic hydroxyl groups is 1. The molecular weight excluding hydrogens is 290 g/mol. The molecule has 4 rings (SSSR count). The minimum absolute atomic E-state index is 0.121. The molecule has 0 unspecified atom stereocenters. The Bertz CT molecular complexity index is 906. The van der Waals surface area contributed by atoms with Crippen LogP contribution in [0.15, 0.2) is 36.7 Å². The van der Waals surface area contributed by atoms with Crippen LogP contribution in [0.3, 0.4) is 0 Å². The van der Waals surface area contributed by atoms with Crippen molar-refractivity contribution in [1.29, 1.82) is 0 Å². The molecule has 1 aromatic carbocycles. The topological polar surface area (TPSA) is 60.0 Å². The number of ketones is 1. The number of fused-ring (bicyclic) bond motifs is 3. The van der Waals surface area contributed by atoms with E-state index >= 15 is 0 Å². The number of para-hydroxylation sites is 1. The van der Waals surface area contributed by atoms with Crippen molar-refractivity contribution in [2.24, 2.45) is 13.0 Å². The predicted octanol–water partition coefficient (Wildman–Crippen LogP) is 2.62. The molecule has 2 atom stereocenters. The number of aryl methyl sites for hydroxylation is 2. The lowest BCUT2D eigenvalue weighted by molar-refractivity contribution is 0.0737. The molecule has 0 fully saturated rings. The summed E-state index contributed by atoms with van der Waals surface area (Å²) in [6.45, 7) is 2.48. The van der Waals surface area contributed by atoms with Gasteiger partial charge in [-0.2, -0.15) is 0 Å². The van der Waals surface area contributed by atoms with Crippen LogP contribution in [0.5, 0.6) is 0 Å². The van der Waals surface area contributed by atoms with Crippen LogP contribution in [0.4, 0.5) is 0 Å². The molecule has 5 nitrogen and oxygen atoms in total. The summed E-state index contributed by atoms with van der Waals surface area (Å²) in [6, 6.07) is 7.84. The van der Waals surface area contributed by atoms with E-state index in [-0.39, 0.29) is 11.7 Å². The van der Waals surface area contributed by atoms with Gasteiger partial charge in [-0.25, -0.2) is 4.98 Å². The number of benzene rings is 1. The Hall–Kier alpha value is -2.40. The summed E-state index contributed by atoms with van der Waals surface area (Å²) in [7, 11) is 1.91. The second-order valence-electron chi connectivity index (χ2n) is 6.28. The molecule has 118 valence electrons. The average Bonchev–Trinajstić information content (AvgIpc) is 3.07. The number of nitrogens with zero attached hydrogens (tertiary/aromatic N) is 3. The monoisotopic (exact) mass is 309 g/mol. The van der Waals surface area contributed by atoms with Crippen LogP contribution in [0.25, 0.3) is 10.9 Å². The standard InChI is InChI=1S/C18H19N3O2/c1-11-19-7-8-21(11)10-12-9-15(22)17-16(18(12)23)13-5-3-4-6-14(13)20(17)2/h3-8,12,15,22H,9-10H2,1-2H3/t12-,15-/m1/s1. The average molecular weight is 309 g/mol. The van der Waals surface area contributed by atoms with E-state index in [9.17, 15) is 9.90 Å². The second kappa shape index (κ2) is 5.06. The number of imidazole rings is 1. The van der Waals surface area contributed by atoms with Gasteiger partial charge in [0, 0.05) is 48.4 Å². The van der Waals surface area contributed by atoms with Crippen molar-refractivity contribution in [1.82, 2.24) is 14.1 Å². The number of hydrogen-bond donors (Lipinski definition) is 1. The summed E-state index contributed by atoms with van der Waals surface area (Å²) in [4.78, 5) is 17.3. The molecule has 5 heteroatoms. The van der Waals surface area contributed by atoms with E-state index < -0.39 is 6.10 Å². The van der Waals surface area contributed by atoms with Crippen LogP contribution in [0.1, 0.15) is 34.4 Å². The highest BCUT2D eigenvalue weighted by molar-refractivity contribution is 6.11. The summed E-state index contributed by atoms with van der Waals surface area (Å²) in [6.07, 6.45) is 3.46. The van der Waals surface area contributed by atoms with E-state index in [4.69, 9.17) is 0 Å². The highest BCUT2D eigenvalue weighted by Gasteiger charge is 2.37. The number of carbonyl (C=O) groups is 1. The number of hydrogen-bond acceptors (Lipinski definition) is 3. The summed E-state index contributed by atoms with van der Waals surface area (Å²) in [5.74, 6) is 0.780. The van der Waals surface area contributed by atoms with Crippen LogP contribution >= 0.6 is 0 Å². The van der Waals surface area contributed by atoms with Crippen molar-refractivity contribution in [2.75, 3.05) is 0 Å². The number of rotatable bonds is 2. The Balaban J connectivity index is 1.82. The van der Waals surface area contributed by atoms with Gasteiger partial charge in [-0.1, -0.05) is 18.2 Å². The minimum atomic E-state index is -0.617. The molecule has 0 spiro atoms. The highest BCUT2D eigenvalue weighted by atomic mass is 16.3. The molecule has 3 aromatic rings. The van der Waals surface area contributed by atoms with Crippen molar-refractivity contribution in [2.45, 2.75) is 26.0 Å². The van der Waals surface area contributed by atoms with Gasteiger partial charge in [0.2, 0.25) is 0 Å². The molecule has 23 heavy (non-hydrogen) atoms. The van der Waals surface area contributed by atoms with E-state index in [1.165, 1.54) is 0 Å². The number of carbonyl (C=O) groups excluding carboxylic acids is 1. The van der Waals surface area contributed by atoms with E-state index in [2.05, 4.69) is 4.98 Å². The maximum atomic E-state index is 13.1. The fourth-order valence-electron chi connectivity index (χ4n) is 3.75. The zero-order valence-electron chi connectivity index (χ0n) is 13.2. The highest BCUT2D eigenvalue weighted by Crippen LogP contribution is 2.39. The molecule has 0 bridgehead atoms. The van der Waals surface area contributed by atoms with Crippen LogP contribution in [-0.2, 0) is 13.6 Å². The first-order valence-electron chi connectivity index (χ1n) is 7.85. The predicted molar refractivity (Wildman–Crippen MR) is 87.3 cm³/mol. The van der Waals surface area contributed by atoms with Crippen LogP contribution in [0, 0.1) is 12.8 Å². The minimum Gasteiger partial charge on any atom is -0.387 e. The lowest BCUT2D eigenvalue weighted by atomic mass is 9.83. The van der Waals surface area contributed by atoms with Crippen molar-refractivity contribution in [3.05, 3.63) is 53.7 Å². The Morgan fingerprint density at radius 3 is 2.87 bits per heavy atom. The van der Waals surface area contributed by atoms with Gasteiger partial charge >= 0.3 is 0 Å². The van der Waals surface area contributed by atoms with E-state index in [1.54, 1.807) is 6.20 Å². The molecule has 0 saturated carbocycles. The second-order valence-corrected chi connectivity index (χ2v) is 6.28. The maximum absolute atomic E-state index is 13.1. The first-order valence-corrected chi connectivity index (χ1v) is 7.85. The Morgan fingerprint density at radius 2 is 2.13 bits per heavy atom. The molecule has 0 amide bonds. The molecule has 1 aliphatic rings. The van der Waals surface area contributed by atoms with Crippen molar-refractivity contribution < 1.29 is 9.90 Å². The zero-order chi connectivity index (χ0) is 16.1. The molecule has 1 N–H and O–H groups in total. The molecule has 0 saturated heterocycles. The van der Waals surface area contributed by atoms with Crippen molar-refractivity contribution >= 4 is 16.7 Å². The van der Waals surface area contributed by atoms with Crippen molar-refractivity contribution in [3.63, 3.8) is 0 Å². The van der Waals surface area contributed by atoms with Gasteiger partial charge in [0.25, 0.3) is 0 Å². The Kier molecular flexibility index (Phi) is 3.13. The van der Waals surface area contributed by atoms with E-state index in [1.807, 2.05) is 53.6 Å². The third-order valence-corrected chi connectivity index (χ3v) is 4.93. The van der Waals surface area contributed by atoms with Gasteiger partial charge in [-0.05, 0) is 19.4 Å². The SMILES string of the molecule is Cc1nccn1C[C@H]1C[C@@H](O)c2c(c3ccccc3n2C)C1=O. The number of Topliss-reactive ketones (excluding diaryl/α,β-unsaturated/α-hetero) is 1. The van der Waals surface area contributed by atoms with Gasteiger partial charge in [0.05, 0.1) is 11.8 Å². The molecule has 2 aromatic heterocycles. The third-order valence-electron chi connectivity index (χ3n) is 4.93. The van der Waals surface area contributed by atoms with Gasteiger partial charge in [-0.15, -0.1) is 0 Å². The van der Waals surface area contributed by atoms with Gasteiger partial charge in [0.1, 0.15) is 5.82 Å². The zero-order valence-corrected chi connectivity index (χ0v) is 13.2. The third kappa shape index (κ3) is 2.04. The number of aliphatic hydroxyl groups excluding tert-OH is 1. The first kappa shape index (κ1) is 14.2. The van der Waals surface area contributed by atoms with Crippen molar-refractivity contribution in [3.8, 4) is 0 Å². The van der Waals surface area contributed by atoms with Gasteiger partial charge in [-0.3, -0.25) is 4.79 Å². The first-order chi connectivity index (χ1) is 11.1. The Morgan fingerprint density at radius 1 is 1.35 bits per heavy atom. The van der Waals surface area contributed by atoms with Gasteiger partial charge < -0.3 is 14.2 Å². The molecule has 2 heterocycles. The van der Waals surface area contributed by atoms with Crippen LogP contribution < -0.4 is 0 Å². The largest absolute Gasteiger partial charge is 0.387 e. The normalized spacial score (nSPS) is 20.9. The quantitative estimate of drug-likeness (QED) is 0.791. The molecular formula is C18H19N3O2. The van der Waals surface area contributed by atoms with E-state index in [0.717, 1.165) is 22.4 Å². The summed E-state index contributed by atoms with van der Waals surface area (Å²) in [5, 5.41) is 11.6. The fourth-order valence-corrected chi connectivity index (χ4v) is 3.75. The van der Waals surface area contributed by atoms with Crippen LogP contribution in [-0.4, -0.2) is 25.0 Å². The molecule has 0 radical (unpaired) electrons. The lowest BCUT2D eigenvalue weighted by Crippen LogP contribution is -2.29. The smallest absolute Gasteiger partial charge is 0.170 e. The van der Waals surface area contributed by atoms with Gasteiger partial charge in [0.15, 0.2) is 5.78 Å². The molecule has 0 aliphatic heterocycles. The fraction of sp³-hybridized carbons (Fsp3) is 0.333. The summed E-state index contributed by atoms with van der Waals surface area (Å²) < 4.78 is 3.93.